The zero-order valence-corrected chi connectivity index (χ0v) is 29.8. The number of fused-ring (bicyclic) bond motifs is 7. The Morgan fingerprint density at radius 2 is 0.891 bits per heavy atom. The number of rotatable bonds is 5. The third-order valence-corrected chi connectivity index (χ3v) is 10.8. The molecular weight excluding hydrogens is 669 g/mol. The van der Waals surface area contributed by atoms with Gasteiger partial charge in [-0.15, -0.1) is 0 Å². The van der Waals surface area contributed by atoms with E-state index in [-0.39, 0.29) is 0 Å². The third-order valence-electron chi connectivity index (χ3n) is 10.8. The molecule has 0 aliphatic heterocycles. The van der Waals surface area contributed by atoms with Gasteiger partial charge in [-0.3, -0.25) is 0 Å². The summed E-state index contributed by atoms with van der Waals surface area (Å²) >= 11 is 0. The fourth-order valence-corrected chi connectivity index (χ4v) is 8.23. The van der Waals surface area contributed by atoms with Crippen molar-refractivity contribution in [3.05, 3.63) is 194 Å². The van der Waals surface area contributed by atoms with Gasteiger partial charge in [0.1, 0.15) is 0 Å². The Labute approximate surface area is 317 Å². The molecular formula is C51H32N4. The summed E-state index contributed by atoms with van der Waals surface area (Å²) in [5.41, 5.74) is 8.39. The van der Waals surface area contributed by atoms with Crippen molar-refractivity contribution < 1.29 is 0 Å². The van der Waals surface area contributed by atoms with Gasteiger partial charge in [0, 0.05) is 33.2 Å². The Bertz CT molecular complexity index is 3250. The van der Waals surface area contributed by atoms with Crippen LogP contribution in [0.5, 0.6) is 0 Å². The lowest BCUT2D eigenvalue weighted by atomic mass is 9.97. The van der Waals surface area contributed by atoms with Crippen molar-refractivity contribution in [2.24, 2.45) is 0 Å². The van der Waals surface area contributed by atoms with Crippen molar-refractivity contribution in [2.75, 3.05) is 0 Å². The molecule has 0 bridgehead atoms. The highest BCUT2D eigenvalue weighted by atomic mass is 15.0. The van der Waals surface area contributed by atoms with Crippen LogP contribution in [0.15, 0.2) is 194 Å². The fraction of sp³-hybridized carbons (Fsp3) is 0. The smallest absolute Gasteiger partial charge is 0.164 e. The highest BCUT2D eigenvalue weighted by Gasteiger charge is 2.20. The second kappa shape index (κ2) is 12.6. The topological polar surface area (TPSA) is 43.6 Å². The summed E-state index contributed by atoms with van der Waals surface area (Å²) in [6.45, 7) is 0. The summed E-state index contributed by atoms with van der Waals surface area (Å²) in [5.74, 6) is 1.91. The molecule has 0 unspecified atom stereocenters. The van der Waals surface area contributed by atoms with Crippen LogP contribution in [0.2, 0.25) is 0 Å². The van der Waals surface area contributed by atoms with E-state index in [1.54, 1.807) is 0 Å². The van der Waals surface area contributed by atoms with E-state index in [0.29, 0.717) is 17.5 Å². The van der Waals surface area contributed by atoms with Gasteiger partial charge < -0.3 is 4.57 Å². The zero-order valence-electron chi connectivity index (χ0n) is 29.8. The van der Waals surface area contributed by atoms with Gasteiger partial charge in [0.2, 0.25) is 0 Å². The van der Waals surface area contributed by atoms with Crippen LogP contribution in [-0.4, -0.2) is 19.5 Å². The van der Waals surface area contributed by atoms with Gasteiger partial charge in [-0.2, -0.15) is 0 Å². The summed E-state index contributed by atoms with van der Waals surface area (Å²) in [5, 5.41) is 9.66. The number of benzene rings is 9. The highest BCUT2D eigenvalue weighted by molar-refractivity contribution is 6.23. The molecule has 55 heavy (non-hydrogen) atoms. The lowest BCUT2D eigenvalue weighted by molar-refractivity contribution is 1.08. The summed E-state index contributed by atoms with van der Waals surface area (Å²) in [6.07, 6.45) is 0. The molecule has 4 heteroatoms. The van der Waals surface area contributed by atoms with E-state index in [2.05, 4.69) is 180 Å². The average molecular weight is 701 g/mol. The monoisotopic (exact) mass is 700 g/mol. The van der Waals surface area contributed by atoms with Crippen LogP contribution in [0, 0.1) is 0 Å². The Kier molecular flexibility index (Phi) is 7.14. The predicted octanol–water partition coefficient (Wildman–Crippen LogP) is 13.1. The molecule has 0 aliphatic rings. The molecule has 2 heterocycles. The SMILES string of the molecule is c1ccc(-c2nc(-c3ccc(-n4c5cc6ccccc6cc5c5c6ccccc6ccc54)cc3-c3ccccc3)nc(-c3cccc4ccccc34)n2)cc1. The summed E-state index contributed by atoms with van der Waals surface area (Å²) in [6, 6.07) is 68.7. The molecule has 9 aromatic carbocycles. The van der Waals surface area contributed by atoms with Crippen molar-refractivity contribution in [3.8, 4) is 51.0 Å². The van der Waals surface area contributed by atoms with E-state index in [4.69, 9.17) is 15.0 Å². The predicted molar refractivity (Wildman–Crippen MR) is 228 cm³/mol. The first-order valence-electron chi connectivity index (χ1n) is 18.6. The van der Waals surface area contributed by atoms with Gasteiger partial charge in [0.25, 0.3) is 0 Å². The molecule has 0 N–H and O–H groups in total. The molecule has 0 amide bonds. The number of nitrogens with zero attached hydrogens (tertiary/aromatic N) is 4. The molecule has 0 saturated carbocycles. The maximum Gasteiger partial charge on any atom is 0.164 e. The Morgan fingerprint density at radius 3 is 1.65 bits per heavy atom. The minimum Gasteiger partial charge on any atom is -0.309 e. The second-order valence-electron chi connectivity index (χ2n) is 14.0. The minimum atomic E-state index is 0.626. The van der Waals surface area contributed by atoms with Crippen molar-refractivity contribution >= 4 is 54.1 Å². The first-order chi connectivity index (χ1) is 27.3. The van der Waals surface area contributed by atoms with E-state index in [1.165, 1.54) is 43.4 Å². The zero-order chi connectivity index (χ0) is 36.3. The van der Waals surface area contributed by atoms with Crippen LogP contribution in [0.1, 0.15) is 0 Å². The van der Waals surface area contributed by atoms with Crippen molar-refractivity contribution in [2.45, 2.75) is 0 Å². The lowest BCUT2D eigenvalue weighted by Crippen LogP contribution is -2.02. The van der Waals surface area contributed by atoms with E-state index in [9.17, 15) is 0 Å². The Hall–Kier alpha value is -7.43. The molecule has 2 aromatic heterocycles. The summed E-state index contributed by atoms with van der Waals surface area (Å²) in [4.78, 5) is 15.6. The molecule has 0 atom stereocenters. The fourth-order valence-electron chi connectivity index (χ4n) is 8.23. The quantitative estimate of drug-likeness (QED) is 0.179. The first kappa shape index (κ1) is 31.1. The molecule has 11 aromatic rings. The van der Waals surface area contributed by atoms with Gasteiger partial charge in [-0.1, -0.05) is 158 Å². The van der Waals surface area contributed by atoms with Crippen molar-refractivity contribution in [1.82, 2.24) is 19.5 Å². The van der Waals surface area contributed by atoms with Gasteiger partial charge >= 0.3 is 0 Å². The maximum absolute atomic E-state index is 5.27. The van der Waals surface area contributed by atoms with Crippen LogP contribution < -0.4 is 0 Å². The first-order valence-corrected chi connectivity index (χ1v) is 18.6. The van der Waals surface area contributed by atoms with Gasteiger partial charge in [0.15, 0.2) is 17.5 Å². The largest absolute Gasteiger partial charge is 0.309 e. The van der Waals surface area contributed by atoms with E-state index in [1.807, 2.05) is 18.2 Å². The highest BCUT2D eigenvalue weighted by Crippen LogP contribution is 2.41. The van der Waals surface area contributed by atoms with E-state index >= 15 is 0 Å². The van der Waals surface area contributed by atoms with Gasteiger partial charge in [-0.05, 0) is 79.8 Å². The second-order valence-corrected chi connectivity index (χ2v) is 14.0. The Morgan fingerprint density at radius 1 is 0.309 bits per heavy atom. The third kappa shape index (κ3) is 5.19. The van der Waals surface area contributed by atoms with E-state index in [0.717, 1.165) is 44.3 Å². The van der Waals surface area contributed by atoms with Crippen molar-refractivity contribution in [1.29, 1.82) is 0 Å². The molecule has 0 fully saturated rings. The van der Waals surface area contributed by atoms with Crippen LogP contribution in [0.25, 0.3) is 105 Å². The summed E-state index contributed by atoms with van der Waals surface area (Å²) in [7, 11) is 0. The van der Waals surface area contributed by atoms with Crippen LogP contribution in [-0.2, 0) is 0 Å². The summed E-state index contributed by atoms with van der Waals surface area (Å²) < 4.78 is 2.42. The maximum atomic E-state index is 5.27. The standard InChI is InChI=1S/C51H32N4/c1-3-14-34(15-4-1)44-32-39(55-46-29-26-35-17-10-12-24-41(35)48(46)45-30-37-20-7-8-21-38(37)31-47(45)55)27-28-43(44)51-53-49(36-18-5-2-6-19-36)52-50(54-51)42-25-13-22-33-16-9-11-23-40(33)42/h1-32H. The molecule has 4 nitrogen and oxygen atoms in total. The number of aromatic nitrogens is 4. The van der Waals surface area contributed by atoms with Gasteiger partial charge in [-0.25, -0.2) is 15.0 Å². The van der Waals surface area contributed by atoms with Crippen LogP contribution in [0.3, 0.4) is 0 Å². The molecule has 0 radical (unpaired) electrons. The molecule has 11 rings (SSSR count). The molecule has 0 spiro atoms. The van der Waals surface area contributed by atoms with Crippen molar-refractivity contribution in [3.63, 3.8) is 0 Å². The number of hydrogen-bond acceptors (Lipinski definition) is 3. The van der Waals surface area contributed by atoms with Crippen LogP contribution >= 0.6 is 0 Å². The average Bonchev–Trinajstić information content (AvgIpc) is 3.59. The molecule has 0 aliphatic carbocycles. The minimum absolute atomic E-state index is 0.626. The lowest BCUT2D eigenvalue weighted by Gasteiger charge is -2.16. The normalized spacial score (nSPS) is 11.6. The van der Waals surface area contributed by atoms with Gasteiger partial charge in [0.05, 0.1) is 11.0 Å². The number of hydrogen-bond donors (Lipinski definition) is 0. The molecule has 0 saturated heterocycles. The van der Waals surface area contributed by atoms with Crippen LogP contribution in [0.4, 0.5) is 0 Å². The Balaban J connectivity index is 1.19. The molecule has 256 valence electrons. The van der Waals surface area contributed by atoms with E-state index < -0.39 is 0 Å².